The zero-order chi connectivity index (χ0) is 28.3. The van der Waals surface area contributed by atoms with Crippen LogP contribution in [0.5, 0.6) is 0 Å². The number of H-pyrrole nitrogens is 1. The molecule has 2 amide bonds. The fourth-order valence-corrected chi connectivity index (χ4v) is 5.03. The molecule has 39 heavy (non-hydrogen) atoms. The van der Waals surface area contributed by atoms with Gasteiger partial charge in [-0.1, -0.05) is 38.1 Å². The molecule has 3 N–H and O–H groups in total. The number of rotatable bonds is 9. The maximum atomic E-state index is 13.4. The molecular formula is C30H33F3N4O2. The fourth-order valence-electron chi connectivity index (χ4n) is 5.03. The third kappa shape index (κ3) is 5.93. The molecule has 1 aliphatic rings. The van der Waals surface area contributed by atoms with Crippen LogP contribution in [0.25, 0.3) is 22.8 Å². The van der Waals surface area contributed by atoms with Crippen LogP contribution in [0.3, 0.4) is 0 Å². The second-order valence-electron chi connectivity index (χ2n) is 9.62. The predicted molar refractivity (Wildman–Crippen MR) is 148 cm³/mol. The smallest absolute Gasteiger partial charge is 0.358 e. The van der Waals surface area contributed by atoms with Crippen LogP contribution in [0.4, 0.5) is 18.9 Å². The van der Waals surface area contributed by atoms with Crippen molar-refractivity contribution < 1.29 is 22.8 Å². The van der Waals surface area contributed by atoms with Gasteiger partial charge in [0, 0.05) is 29.2 Å². The van der Waals surface area contributed by atoms with Gasteiger partial charge < -0.3 is 20.5 Å². The molecular weight excluding hydrogens is 505 g/mol. The first-order chi connectivity index (χ1) is 18.5. The van der Waals surface area contributed by atoms with Gasteiger partial charge in [0.05, 0.1) is 16.7 Å². The van der Waals surface area contributed by atoms with Crippen molar-refractivity contribution in [3.8, 4) is 11.1 Å². The van der Waals surface area contributed by atoms with E-state index in [1.165, 1.54) is 6.07 Å². The van der Waals surface area contributed by atoms with E-state index >= 15 is 0 Å². The highest BCUT2D eigenvalue weighted by atomic mass is 19.4. The van der Waals surface area contributed by atoms with Crippen LogP contribution < -0.4 is 10.6 Å². The van der Waals surface area contributed by atoms with E-state index in [0.717, 1.165) is 38.2 Å². The molecule has 206 valence electrons. The lowest BCUT2D eigenvalue weighted by Crippen LogP contribution is -2.30. The summed E-state index contributed by atoms with van der Waals surface area (Å²) < 4.78 is 40.1. The van der Waals surface area contributed by atoms with E-state index in [0.29, 0.717) is 57.0 Å². The first kappa shape index (κ1) is 28.2. The molecule has 0 radical (unpaired) electrons. The van der Waals surface area contributed by atoms with Gasteiger partial charge in [0.1, 0.15) is 0 Å². The lowest BCUT2D eigenvalue weighted by Gasteiger charge is -2.17. The largest absolute Gasteiger partial charge is 0.416 e. The Bertz CT molecular complexity index is 1420. The van der Waals surface area contributed by atoms with Crippen LogP contribution in [0.15, 0.2) is 42.5 Å². The van der Waals surface area contributed by atoms with E-state index < -0.39 is 11.7 Å². The first-order valence-electron chi connectivity index (χ1n) is 13.1. The van der Waals surface area contributed by atoms with Gasteiger partial charge >= 0.3 is 6.18 Å². The van der Waals surface area contributed by atoms with E-state index in [2.05, 4.69) is 34.4 Å². The highest BCUT2D eigenvalue weighted by Gasteiger charge is 2.32. The standard InChI is InChI=1S/C30H33F3N4O2/c1-5-37(6-2)15-9-14-34-29(39)26-18(3)25(35-19(26)4)17-23-27-22(12-8-13-24(27)36-28(23)38)20-10-7-11-21(16-20)30(31,32)33/h7-8,10-13,16-17,35H,5-6,9,14-15H2,1-4H3,(H,34,39)(H,36,38). The van der Waals surface area contributed by atoms with Crippen molar-refractivity contribution in [3.63, 3.8) is 0 Å². The van der Waals surface area contributed by atoms with Crippen molar-refractivity contribution in [1.82, 2.24) is 15.2 Å². The Hall–Kier alpha value is -3.85. The average Bonchev–Trinajstić information content (AvgIpc) is 3.37. The van der Waals surface area contributed by atoms with E-state index in [1.807, 2.05) is 6.92 Å². The van der Waals surface area contributed by atoms with Gasteiger partial charge in [-0.25, -0.2) is 0 Å². The maximum Gasteiger partial charge on any atom is 0.416 e. The normalized spacial score (nSPS) is 14.2. The number of halogens is 3. The van der Waals surface area contributed by atoms with Crippen molar-refractivity contribution in [2.24, 2.45) is 0 Å². The van der Waals surface area contributed by atoms with Gasteiger partial charge in [-0.05, 0) is 80.9 Å². The molecule has 1 aromatic heterocycles. The number of amides is 2. The van der Waals surface area contributed by atoms with Gasteiger partial charge in [-0.3, -0.25) is 9.59 Å². The molecule has 0 aliphatic carbocycles. The van der Waals surface area contributed by atoms with Gasteiger partial charge in [0.25, 0.3) is 11.8 Å². The highest BCUT2D eigenvalue weighted by Crippen LogP contribution is 2.42. The second-order valence-corrected chi connectivity index (χ2v) is 9.62. The molecule has 0 unspecified atom stereocenters. The second kappa shape index (κ2) is 11.5. The number of aryl methyl sites for hydroxylation is 1. The van der Waals surface area contributed by atoms with Gasteiger partial charge in [0.2, 0.25) is 0 Å². The van der Waals surface area contributed by atoms with Crippen LogP contribution in [0.2, 0.25) is 0 Å². The molecule has 1 aliphatic heterocycles. The van der Waals surface area contributed by atoms with E-state index in [1.54, 1.807) is 37.3 Å². The molecule has 2 aromatic carbocycles. The number of nitrogens with one attached hydrogen (secondary N) is 3. The van der Waals surface area contributed by atoms with E-state index in [-0.39, 0.29) is 11.8 Å². The first-order valence-corrected chi connectivity index (χ1v) is 13.1. The minimum absolute atomic E-state index is 0.189. The molecule has 0 fully saturated rings. The zero-order valence-electron chi connectivity index (χ0n) is 22.6. The highest BCUT2D eigenvalue weighted by molar-refractivity contribution is 6.36. The number of alkyl halides is 3. The summed E-state index contributed by atoms with van der Waals surface area (Å²) in [6.45, 7) is 11.2. The third-order valence-corrected chi connectivity index (χ3v) is 7.15. The number of benzene rings is 2. The number of fused-ring (bicyclic) bond motifs is 1. The van der Waals surface area contributed by atoms with Crippen LogP contribution in [-0.4, -0.2) is 47.9 Å². The summed E-state index contributed by atoms with van der Waals surface area (Å²) in [7, 11) is 0. The Labute approximate surface area is 226 Å². The Morgan fingerprint density at radius 2 is 1.79 bits per heavy atom. The maximum absolute atomic E-state index is 13.4. The molecule has 0 atom stereocenters. The Morgan fingerprint density at radius 3 is 2.49 bits per heavy atom. The van der Waals surface area contributed by atoms with Crippen molar-refractivity contribution in [1.29, 1.82) is 0 Å². The summed E-state index contributed by atoms with van der Waals surface area (Å²) in [5, 5.41) is 5.80. The molecule has 3 aromatic rings. The molecule has 2 heterocycles. The number of nitrogens with zero attached hydrogens (tertiary/aromatic N) is 1. The van der Waals surface area contributed by atoms with E-state index in [4.69, 9.17) is 0 Å². The summed E-state index contributed by atoms with van der Waals surface area (Å²) in [6, 6.07) is 10.2. The molecule has 4 rings (SSSR count). The number of carbonyl (C=O) groups excluding carboxylic acids is 2. The van der Waals surface area contributed by atoms with E-state index in [9.17, 15) is 22.8 Å². The number of aromatic amines is 1. The minimum Gasteiger partial charge on any atom is -0.358 e. The number of anilines is 1. The summed E-state index contributed by atoms with van der Waals surface area (Å²) in [6.07, 6.45) is -1.98. The lowest BCUT2D eigenvalue weighted by atomic mass is 9.93. The number of aromatic nitrogens is 1. The summed E-state index contributed by atoms with van der Waals surface area (Å²) in [5.41, 5.74) is 3.95. The van der Waals surface area contributed by atoms with Crippen molar-refractivity contribution >= 4 is 29.2 Å². The predicted octanol–water partition coefficient (Wildman–Crippen LogP) is 6.27. The van der Waals surface area contributed by atoms with Crippen molar-refractivity contribution in [3.05, 3.63) is 76.1 Å². The van der Waals surface area contributed by atoms with Crippen LogP contribution in [0, 0.1) is 13.8 Å². The van der Waals surface area contributed by atoms with Crippen LogP contribution in [-0.2, 0) is 11.0 Å². The number of hydrogen-bond acceptors (Lipinski definition) is 3. The molecule has 9 heteroatoms. The topological polar surface area (TPSA) is 77.2 Å². The molecule has 0 bridgehead atoms. The summed E-state index contributed by atoms with van der Waals surface area (Å²) in [5.74, 6) is -0.551. The van der Waals surface area contributed by atoms with Gasteiger partial charge in [0.15, 0.2) is 0 Å². The minimum atomic E-state index is -4.48. The zero-order valence-corrected chi connectivity index (χ0v) is 22.6. The summed E-state index contributed by atoms with van der Waals surface area (Å²) >= 11 is 0. The average molecular weight is 539 g/mol. The quantitative estimate of drug-likeness (QED) is 0.222. The molecule has 0 spiro atoms. The van der Waals surface area contributed by atoms with Crippen LogP contribution in [0.1, 0.15) is 58.7 Å². The SMILES string of the molecule is CCN(CC)CCCNC(=O)c1c(C)[nH]c(C=C2C(=O)Nc3cccc(-c4cccc(C(F)(F)F)c4)c32)c1C. The molecule has 0 saturated carbocycles. The Morgan fingerprint density at radius 1 is 1.08 bits per heavy atom. The third-order valence-electron chi connectivity index (χ3n) is 7.15. The van der Waals surface area contributed by atoms with Crippen molar-refractivity contribution in [2.45, 2.75) is 40.3 Å². The van der Waals surface area contributed by atoms with Crippen LogP contribution >= 0.6 is 0 Å². The molecule has 6 nitrogen and oxygen atoms in total. The number of hydrogen-bond donors (Lipinski definition) is 3. The summed E-state index contributed by atoms with van der Waals surface area (Å²) in [4.78, 5) is 31.5. The Kier molecular flexibility index (Phi) is 8.30. The number of carbonyl (C=O) groups is 2. The van der Waals surface area contributed by atoms with Gasteiger partial charge in [-0.2, -0.15) is 13.2 Å². The Balaban J connectivity index is 1.65. The van der Waals surface area contributed by atoms with Crippen molar-refractivity contribution in [2.75, 3.05) is 31.5 Å². The van der Waals surface area contributed by atoms with Gasteiger partial charge in [-0.15, -0.1) is 0 Å². The molecule has 0 saturated heterocycles. The lowest BCUT2D eigenvalue weighted by molar-refractivity contribution is -0.137. The monoisotopic (exact) mass is 538 g/mol. The fraction of sp³-hybridized carbons (Fsp3) is 0.333.